The van der Waals surface area contributed by atoms with Gasteiger partial charge in [0.05, 0.1) is 4.90 Å². The van der Waals surface area contributed by atoms with Gasteiger partial charge in [-0.3, -0.25) is 9.59 Å². The van der Waals surface area contributed by atoms with Crippen molar-refractivity contribution in [1.29, 1.82) is 0 Å². The summed E-state index contributed by atoms with van der Waals surface area (Å²) >= 11 is 0. The molecule has 168 valence electrons. The zero-order chi connectivity index (χ0) is 23.0. The third kappa shape index (κ3) is 7.48. The van der Waals surface area contributed by atoms with E-state index in [0.717, 1.165) is 17.5 Å². The van der Waals surface area contributed by atoms with Gasteiger partial charge >= 0.3 is 0 Å². The molecule has 8 heteroatoms. The molecule has 2 rings (SSSR count). The first-order chi connectivity index (χ1) is 14.6. The van der Waals surface area contributed by atoms with Gasteiger partial charge < -0.3 is 10.6 Å². The first-order valence-corrected chi connectivity index (χ1v) is 11.8. The summed E-state index contributed by atoms with van der Waals surface area (Å²) in [6.07, 6.45) is 0.854. The van der Waals surface area contributed by atoms with E-state index in [1.54, 1.807) is 37.3 Å². The third-order valence-electron chi connectivity index (χ3n) is 4.95. The highest BCUT2D eigenvalue weighted by Gasteiger charge is 2.17. The lowest BCUT2D eigenvalue weighted by Crippen LogP contribution is -2.32. The molecule has 1 unspecified atom stereocenters. The first kappa shape index (κ1) is 24.6. The number of aryl methyl sites for hydroxylation is 2. The lowest BCUT2D eigenvalue weighted by Gasteiger charge is -2.12. The molecule has 0 aliphatic rings. The Morgan fingerprint density at radius 3 is 2.52 bits per heavy atom. The second-order valence-electron chi connectivity index (χ2n) is 7.68. The molecule has 2 aromatic carbocycles. The number of carbonyl (C=O) groups is 2. The predicted octanol–water partition coefficient (Wildman–Crippen LogP) is 2.82. The molecule has 2 amide bonds. The Hall–Kier alpha value is -2.71. The molecule has 0 heterocycles. The van der Waals surface area contributed by atoms with Gasteiger partial charge in [-0.05, 0) is 62.1 Å². The van der Waals surface area contributed by atoms with Crippen molar-refractivity contribution >= 4 is 21.8 Å². The number of rotatable bonds is 10. The second kappa shape index (κ2) is 11.1. The summed E-state index contributed by atoms with van der Waals surface area (Å²) in [6, 6.07) is 12.4. The minimum atomic E-state index is -3.68. The van der Waals surface area contributed by atoms with Crippen molar-refractivity contribution in [2.45, 2.75) is 58.0 Å². The summed E-state index contributed by atoms with van der Waals surface area (Å²) in [4.78, 5) is 24.6. The molecule has 0 radical (unpaired) electrons. The molecular formula is C23H31N3O4S. The topological polar surface area (TPSA) is 104 Å². The fourth-order valence-electron chi connectivity index (χ4n) is 2.89. The lowest BCUT2D eigenvalue weighted by atomic mass is 10.1. The Morgan fingerprint density at radius 1 is 1.06 bits per heavy atom. The zero-order valence-corrected chi connectivity index (χ0v) is 19.3. The van der Waals surface area contributed by atoms with Gasteiger partial charge in [-0.2, -0.15) is 0 Å². The summed E-state index contributed by atoms with van der Waals surface area (Å²) in [5, 5.41) is 5.67. The Morgan fingerprint density at radius 2 is 1.81 bits per heavy atom. The lowest BCUT2D eigenvalue weighted by molar-refractivity contribution is -0.121. The van der Waals surface area contributed by atoms with Crippen LogP contribution in [0.5, 0.6) is 0 Å². The number of hydrogen-bond donors (Lipinski definition) is 3. The summed E-state index contributed by atoms with van der Waals surface area (Å²) in [5.41, 5.74) is 2.83. The highest BCUT2D eigenvalue weighted by molar-refractivity contribution is 7.89. The number of amides is 2. The molecular weight excluding hydrogens is 414 g/mol. The van der Waals surface area contributed by atoms with Gasteiger partial charge in [0, 0.05) is 31.1 Å². The van der Waals surface area contributed by atoms with Gasteiger partial charge in [0.1, 0.15) is 0 Å². The van der Waals surface area contributed by atoms with Crippen molar-refractivity contribution < 1.29 is 18.0 Å². The number of sulfonamides is 1. The van der Waals surface area contributed by atoms with Crippen molar-refractivity contribution in [3.8, 4) is 0 Å². The van der Waals surface area contributed by atoms with Crippen LogP contribution in [0.2, 0.25) is 0 Å². The molecule has 0 aliphatic heterocycles. The van der Waals surface area contributed by atoms with Crippen LogP contribution in [-0.2, 0) is 21.4 Å². The van der Waals surface area contributed by atoms with Crippen LogP contribution < -0.4 is 15.4 Å². The van der Waals surface area contributed by atoms with Gasteiger partial charge in [0.2, 0.25) is 15.9 Å². The van der Waals surface area contributed by atoms with Gasteiger partial charge in [-0.25, -0.2) is 13.1 Å². The quantitative estimate of drug-likeness (QED) is 0.523. The van der Waals surface area contributed by atoms with Crippen LogP contribution in [0.1, 0.15) is 53.7 Å². The van der Waals surface area contributed by atoms with Gasteiger partial charge in [0.15, 0.2) is 0 Å². The van der Waals surface area contributed by atoms with Crippen molar-refractivity contribution in [2.24, 2.45) is 0 Å². The monoisotopic (exact) mass is 445 g/mol. The molecule has 1 atom stereocenters. The van der Waals surface area contributed by atoms with Crippen LogP contribution in [-0.4, -0.2) is 32.8 Å². The highest BCUT2D eigenvalue weighted by Crippen LogP contribution is 2.16. The Bertz CT molecular complexity index is 1030. The minimum Gasteiger partial charge on any atom is -0.352 e. The minimum absolute atomic E-state index is 0.00109. The van der Waals surface area contributed by atoms with E-state index in [2.05, 4.69) is 15.4 Å². The van der Waals surface area contributed by atoms with Crippen molar-refractivity contribution in [3.63, 3.8) is 0 Å². The molecule has 0 saturated heterocycles. The van der Waals surface area contributed by atoms with Crippen molar-refractivity contribution in [1.82, 2.24) is 15.4 Å². The van der Waals surface area contributed by atoms with Crippen LogP contribution in [0.4, 0.5) is 0 Å². The molecule has 0 saturated carbocycles. The van der Waals surface area contributed by atoms with E-state index >= 15 is 0 Å². The number of benzene rings is 2. The Kier molecular flexibility index (Phi) is 8.76. The maximum atomic E-state index is 12.5. The standard InChI is InChI=1S/C23H31N3O4S/c1-5-18(4)26-23(28)20-8-6-7-19(14-20)15-24-22(27)11-12-25-31(29,30)21-13-16(2)9-10-17(21)3/h6-10,13-14,18,25H,5,11-12,15H2,1-4H3,(H,24,27)(H,26,28). The summed E-state index contributed by atoms with van der Waals surface area (Å²) in [5.74, 6) is -0.429. The van der Waals surface area contributed by atoms with E-state index in [0.29, 0.717) is 11.1 Å². The van der Waals surface area contributed by atoms with Crippen LogP contribution in [0.3, 0.4) is 0 Å². The SMILES string of the molecule is CCC(C)NC(=O)c1cccc(CNC(=O)CCNS(=O)(=O)c2cc(C)ccc2C)c1. The van der Waals surface area contributed by atoms with Crippen LogP contribution in [0, 0.1) is 13.8 Å². The zero-order valence-electron chi connectivity index (χ0n) is 18.5. The second-order valence-corrected chi connectivity index (χ2v) is 9.41. The number of carbonyl (C=O) groups excluding carboxylic acids is 2. The average Bonchev–Trinajstić information content (AvgIpc) is 2.73. The number of hydrogen-bond acceptors (Lipinski definition) is 4. The summed E-state index contributed by atoms with van der Waals surface area (Å²) < 4.78 is 27.4. The van der Waals surface area contributed by atoms with Crippen molar-refractivity contribution in [3.05, 3.63) is 64.7 Å². The average molecular weight is 446 g/mol. The molecule has 0 fully saturated rings. The Balaban J connectivity index is 1.85. The van der Waals surface area contributed by atoms with Gasteiger partial charge in [-0.1, -0.05) is 31.2 Å². The molecule has 3 N–H and O–H groups in total. The van der Waals surface area contributed by atoms with Crippen LogP contribution in [0.15, 0.2) is 47.4 Å². The van der Waals surface area contributed by atoms with Crippen LogP contribution >= 0.6 is 0 Å². The molecule has 0 aromatic heterocycles. The fourth-order valence-corrected chi connectivity index (χ4v) is 4.25. The maximum Gasteiger partial charge on any atom is 0.251 e. The largest absolute Gasteiger partial charge is 0.352 e. The highest BCUT2D eigenvalue weighted by atomic mass is 32.2. The first-order valence-electron chi connectivity index (χ1n) is 10.4. The fraction of sp³-hybridized carbons (Fsp3) is 0.391. The van der Waals surface area contributed by atoms with Gasteiger partial charge in [-0.15, -0.1) is 0 Å². The predicted molar refractivity (Wildman–Crippen MR) is 121 cm³/mol. The van der Waals surface area contributed by atoms with E-state index in [9.17, 15) is 18.0 Å². The number of nitrogens with one attached hydrogen (secondary N) is 3. The van der Waals surface area contributed by atoms with Gasteiger partial charge in [0.25, 0.3) is 5.91 Å². The van der Waals surface area contributed by atoms with E-state index in [-0.39, 0.29) is 42.3 Å². The normalized spacial score (nSPS) is 12.3. The van der Waals surface area contributed by atoms with E-state index in [1.807, 2.05) is 32.9 Å². The van der Waals surface area contributed by atoms with E-state index in [1.165, 1.54) is 0 Å². The molecule has 7 nitrogen and oxygen atoms in total. The van der Waals surface area contributed by atoms with Crippen molar-refractivity contribution in [2.75, 3.05) is 6.54 Å². The molecule has 2 aromatic rings. The molecule has 0 bridgehead atoms. The third-order valence-corrected chi connectivity index (χ3v) is 6.55. The van der Waals surface area contributed by atoms with E-state index in [4.69, 9.17) is 0 Å². The summed E-state index contributed by atoms with van der Waals surface area (Å²) in [6.45, 7) is 7.76. The molecule has 0 aliphatic carbocycles. The maximum absolute atomic E-state index is 12.5. The molecule has 31 heavy (non-hydrogen) atoms. The summed E-state index contributed by atoms with van der Waals surface area (Å²) in [7, 11) is -3.68. The Labute approximate surface area is 184 Å². The smallest absolute Gasteiger partial charge is 0.251 e. The molecule has 0 spiro atoms. The van der Waals surface area contributed by atoms with E-state index < -0.39 is 10.0 Å². The van der Waals surface area contributed by atoms with Crippen LogP contribution in [0.25, 0.3) is 0 Å².